The molecule has 3 aromatic carbocycles. The van der Waals surface area contributed by atoms with Crippen molar-refractivity contribution in [3.8, 4) is 0 Å². The summed E-state index contributed by atoms with van der Waals surface area (Å²) < 4.78 is 25.2. The number of benzene rings is 3. The van der Waals surface area contributed by atoms with Crippen LogP contribution < -0.4 is 5.32 Å². The van der Waals surface area contributed by atoms with Crippen molar-refractivity contribution in [2.75, 3.05) is 5.32 Å². The Balaban J connectivity index is 1.88. The second kappa shape index (κ2) is 8.93. The van der Waals surface area contributed by atoms with Crippen LogP contribution in [0, 0.1) is 0 Å². The number of halogens is 1. The number of hydrogen-bond acceptors (Lipinski definition) is 4. The van der Waals surface area contributed by atoms with E-state index in [4.69, 9.17) is 0 Å². The first-order valence-corrected chi connectivity index (χ1v) is 11.6. The normalized spacial score (nSPS) is 11.3. The van der Waals surface area contributed by atoms with Gasteiger partial charge in [0.05, 0.1) is 15.8 Å². The minimum atomic E-state index is -3.41. The van der Waals surface area contributed by atoms with E-state index in [9.17, 15) is 18.0 Å². The molecule has 30 heavy (non-hydrogen) atoms. The lowest BCUT2D eigenvalue weighted by molar-refractivity contribution is 0.102. The molecule has 0 unspecified atom stereocenters. The van der Waals surface area contributed by atoms with Crippen molar-refractivity contribution in [1.82, 2.24) is 0 Å². The van der Waals surface area contributed by atoms with Crippen LogP contribution in [0.3, 0.4) is 0 Å². The average Bonchev–Trinajstić information content (AvgIpc) is 2.75. The van der Waals surface area contributed by atoms with Crippen molar-refractivity contribution in [3.05, 3.63) is 94.0 Å². The summed E-state index contributed by atoms with van der Waals surface area (Å²) in [5.41, 5.74) is 1.52. The quantitative estimate of drug-likeness (QED) is 0.491. The molecule has 154 valence electrons. The van der Waals surface area contributed by atoms with Crippen LogP contribution in [-0.2, 0) is 9.84 Å². The lowest BCUT2D eigenvalue weighted by Crippen LogP contribution is -2.16. The molecule has 5 nitrogen and oxygen atoms in total. The number of nitrogens with one attached hydrogen (secondary N) is 1. The van der Waals surface area contributed by atoms with Gasteiger partial charge in [-0.15, -0.1) is 0 Å². The van der Waals surface area contributed by atoms with Gasteiger partial charge in [0.25, 0.3) is 5.91 Å². The highest BCUT2D eigenvalue weighted by Crippen LogP contribution is 2.25. The van der Waals surface area contributed by atoms with Gasteiger partial charge in [-0.1, -0.05) is 46.3 Å². The van der Waals surface area contributed by atoms with E-state index in [0.29, 0.717) is 26.9 Å². The zero-order valence-corrected chi connectivity index (χ0v) is 18.8. The van der Waals surface area contributed by atoms with Crippen LogP contribution >= 0.6 is 15.9 Å². The van der Waals surface area contributed by atoms with Crippen LogP contribution in [0.15, 0.2) is 82.2 Å². The Morgan fingerprint density at radius 2 is 1.50 bits per heavy atom. The number of rotatable bonds is 6. The predicted molar refractivity (Wildman–Crippen MR) is 121 cm³/mol. The zero-order valence-electron chi connectivity index (χ0n) is 16.4. The summed E-state index contributed by atoms with van der Waals surface area (Å²) in [5.74, 6) is -0.654. The number of amides is 1. The molecule has 3 rings (SSSR count). The Kier molecular flexibility index (Phi) is 6.53. The van der Waals surface area contributed by atoms with E-state index in [0.717, 1.165) is 0 Å². The standard InChI is InChI=1S/C23H20BrNO4S/c1-15(2)30(28,29)19-11-8-17(9-12-19)23(27)25-21-13-10-18(24)14-20(21)22(26)16-6-4-3-5-7-16/h3-15H,1-2H3,(H,25,27). The number of anilines is 1. The van der Waals surface area contributed by atoms with E-state index in [-0.39, 0.29) is 10.7 Å². The summed E-state index contributed by atoms with van der Waals surface area (Å²) in [4.78, 5) is 25.8. The summed E-state index contributed by atoms with van der Waals surface area (Å²) >= 11 is 3.36. The summed E-state index contributed by atoms with van der Waals surface area (Å²) in [5, 5.41) is 2.21. The first-order valence-electron chi connectivity index (χ1n) is 9.25. The van der Waals surface area contributed by atoms with Gasteiger partial charge in [-0.2, -0.15) is 0 Å². The molecule has 1 amide bonds. The maximum atomic E-state index is 12.9. The lowest BCUT2D eigenvalue weighted by atomic mass is 10.0. The topological polar surface area (TPSA) is 80.3 Å². The van der Waals surface area contributed by atoms with Gasteiger partial charge < -0.3 is 5.32 Å². The average molecular weight is 486 g/mol. The number of sulfone groups is 1. The first-order chi connectivity index (χ1) is 14.2. The molecule has 0 fully saturated rings. The molecule has 7 heteroatoms. The van der Waals surface area contributed by atoms with Gasteiger partial charge in [-0.3, -0.25) is 9.59 Å². The molecule has 0 atom stereocenters. The van der Waals surface area contributed by atoms with Crippen LogP contribution in [0.4, 0.5) is 5.69 Å². The zero-order chi connectivity index (χ0) is 21.9. The molecule has 0 aromatic heterocycles. The van der Waals surface area contributed by atoms with Gasteiger partial charge in [-0.25, -0.2) is 8.42 Å². The van der Waals surface area contributed by atoms with E-state index in [2.05, 4.69) is 21.2 Å². The Bertz CT molecular complexity index is 1190. The monoisotopic (exact) mass is 485 g/mol. The van der Waals surface area contributed by atoms with Crippen LogP contribution in [0.25, 0.3) is 0 Å². The Labute approximate surface area is 184 Å². The minimum Gasteiger partial charge on any atom is -0.321 e. The Hall–Kier alpha value is -2.77. The van der Waals surface area contributed by atoms with Crippen molar-refractivity contribution >= 4 is 43.1 Å². The fraction of sp³-hybridized carbons (Fsp3) is 0.130. The molecule has 0 aliphatic heterocycles. The van der Waals surface area contributed by atoms with Crippen LogP contribution in [0.5, 0.6) is 0 Å². The molecule has 0 aliphatic rings. The molecule has 3 aromatic rings. The molecule has 0 spiro atoms. The van der Waals surface area contributed by atoms with Gasteiger partial charge in [0.2, 0.25) is 0 Å². The number of hydrogen-bond donors (Lipinski definition) is 1. The lowest BCUT2D eigenvalue weighted by Gasteiger charge is -2.12. The molecule has 0 saturated heterocycles. The summed E-state index contributed by atoms with van der Waals surface area (Å²) in [7, 11) is -3.41. The van der Waals surface area contributed by atoms with Crippen molar-refractivity contribution in [2.45, 2.75) is 24.0 Å². The van der Waals surface area contributed by atoms with Crippen molar-refractivity contribution < 1.29 is 18.0 Å². The second-order valence-corrected chi connectivity index (χ2v) is 10.4. The van der Waals surface area contributed by atoms with E-state index < -0.39 is 21.0 Å². The highest BCUT2D eigenvalue weighted by atomic mass is 79.9. The Morgan fingerprint density at radius 1 is 0.867 bits per heavy atom. The van der Waals surface area contributed by atoms with E-state index in [1.54, 1.807) is 56.3 Å². The van der Waals surface area contributed by atoms with Gasteiger partial charge >= 0.3 is 0 Å². The molecule has 0 aliphatic carbocycles. The fourth-order valence-electron chi connectivity index (χ4n) is 2.82. The van der Waals surface area contributed by atoms with Crippen molar-refractivity contribution in [2.24, 2.45) is 0 Å². The van der Waals surface area contributed by atoms with Gasteiger partial charge in [0.15, 0.2) is 15.6 Å². The molecule has 0 bridgehead atoms. The highest BCUT2D eigenvalue weighted by molar-refractivity contribution is 9.10. The maximum absolute atomic E-state index is 12.9. The number of ketones is 1. The largest absolute Gasteiger partial charge is 0.321 e. The SMILES string of the molecule is CC(C)S(=O)(=O)c1ccc(C(=O)Nc2ccc(Br)cc2C(=O)c2ccccc2)cc1. The van der Waals surface area contributed by atoms with Crippen LogP contribution in [-0.4, -0.2) is 25.4 Å². The molecule has 0 radical (unpaired) electrons. The summed E-state index contributed by atoms with van der Waals surface area (Å²) in [6.07, 6.45) is 0. The molecular weight excluding hydrogens is 466 g/mol. The van der Waals surface area contributed by atoms with Crippen LogP contribution in [0.2, 0.25) is 0 Å². The smallest absolute Gasteiger partial charge is 0.255 e. The van der Waals surface area contributed by atoms with Gasteiger partial charge in [0, 0.05) is 21.2 Å². The molecule has 0 saturated carbocycles. The summed E-state index contributed by atoms with van der Waals surface area (Å²) in [6, 6.07) is 19.6. The number of carbonyl (C=O) groups is 2. The maximum Gasteiger partial charge on any atom is 0.255 e. The predicted octanol–water partition coefficient (Wildman–Crippen LogP) is 5.11. The Morgan fingerprint density at radius 3 is 2.10 bits per heavy atom. The third-order valence-electron chi connectivity index (χ3n) is 4.58. The van der Waals surface area contributed by atoms with Gasteiger partial charge in [0.1, 0.15) is 0 Å². The summed E-state index contributed by atoms with van der Waals surface area (Å²) in [6.45, 7) is 3.21. The first kappa shape index (κ1) is 21.9. The molecule has 0 heterocycles. The highest BCUT2D eigenvalue weighted by Gasteiger charge is 2.20. The van der Waals surface area contributed by atoms with Crippen LogP contribution in [0.1, 0.15) is 40.1 Å². The second-order valence-electron chi connectivity index (χ2n) is 6.96. The van der Waals surface area contributed by atoms with Gasteiger partial charge in [-0.05, 0) is 56.3 Å². The third-order valence-corrected chi connectivity index (χ3v) is 7.24. The van der Waals surface area contributed by atoms with Crippen molar-refractivity contribution in [3.63, 3.8) is 0 Å². The van der Waals surface area contributed by atoms with Crippen molar-refractivity contribution in [1.29, 1.82) is 0 Å². The van der Waals surface area contributed by atoms with E-state index >= 15 is 0 Å². The molecule has 1 N–H and O–H groups in total. The fourth-order valence-corrected chi connectivity index (χ4v) is 4.24. The third kappa shape index (κ3) is 4.68. The molecular formula is C23H20BrNO4S. The van der Waals surface area contributed by atoms with E-state index in [1.165, 1.54) is 24.3 Å². The van der Waals surface area contributed by atoms with E-state index in [1.807, 2.05) is 6.07 Å². The number of carbonyl (C=O) groups excluding carboxylic acids is 2. The minimum absolute atomic E-state index is 0.164.